The zero-order chi connectivity index (χ0) is 13.8. The molecule has 1 saturated carbocycles. The third kappa shape index (κ3) is 3.10. The van der Waals surface area contributed by atoms with Gasteiger partial charge in [0, 0.05) is 12.2 Å². The highest BCUT2D eigenvalue weighted by atomic mass is 16.1. The van der Waals surface area contributed by atoms with E-state index in [1.165, 1.54) is 6.33 Å². The Balaban J connectivity index is 2.12. The van der Waals surface area contributed by atoms with Gasteiger partial charge in [-0.05, 0) is 31.2 Å². The van der Waals surface area contributed by atoms with Crippen LogP contribution in [0.3, 0.4) is 0 Å². The van der Waals surface area contributed by atoms with Crippen molar-refractivity contribution in [3.8, 4) is 0 Å². The molecule has 5 heteroatoms. The van der Waals surface area contributed by atoms with Crippen LogP contribution in [-0.4, -0.2) is 28.5 Å². The molecule has 1 fully saturated rings. The Morgan fingerprint density at radius 3 is 3.00 bits per heavy atom. The molecule has 1 aliphatic carbocycles. The molecule has 2 atom stereocenters. The predicted octanol–water partition coefficient (Wildman–Crippen LogP) is 1.46. The van der Waals surface area contributed by atoms with E-state index in [1.54, 1.807) is 6.20 Å². The van der Waals surface area contributed by atoms with E-state index in [2.05, 4.69) is 15.3 Å². The van der Waals surface area contributed by atoms with Crippen molar-refractivity contribution in [3.05, 3.63) is 23.8 Å². The van der Waals surface area contributed by atoms with Crippen LogP contribution in [0.2, 0.25) is 0 Å². The van der Waals surface area contributed by atoms with Gasteiger partial charge in [-0.3, -0.25) is 4.79 Å². The molecule has 0 spiro atoms. The van der Waals surface area contributed by atoms with Crippen LogP contribution in [0, 0.1) is 5.92 Å². The molecule has 1 aliphatic rings. The maximum absolute atomic E-state index is 12.4. The Hall–Kier alpha value is -1.49. The molecule has 2 unspecified atom stereocenters. The number of carbonyl (C=O) groups is 1. The highest BCUT2D eigenvalue weighted by Crippen LogP contribution is 2.25. The molecular formula is C14H22N4O. The van der Waals surface area contributed by atoms with Crippen molar-refractivity contribution in [1.82, 2.24) is 15.3 Å². The van der Waals surface area contributed by atoms with E-state index in [0.717, 1.165) is 25.0 Å². The van der Waals surface area contributed by atoms with Gasteiger partial charge >= 0.3 is 0 Å². The van der Waals surface area contributed by atoms with E-state index in [-0.39, 0.29) is 17.9 Å². The molecule has 0 saturated heterocycles. The fraction of sp³-hybridized carbons (Fsp3) is 0.643. The zero-order valence-electron chi connectivity index (χ0n) is 11.6. The van der Waals surface area contributed by atoms with Crippen LogP contribution in [0.15, 0.2) is 12.5 Å². The number of hydrogen-bond donors (Lipinski definition) is 2. The number of aromatic nitrogens is 2. The largest absolute Gasteiger partial charge is 0.349 e. The second-order valence-corrected chi connectivity index (χ2v) is 5.48. The Bertz CT molecular complexity index is 447. The first-order chi connectivity index (χ1) is 9.13. The van der Waals surface area contributed by atoms with Crippen molar-refractivity contribution in [1.29, 1.82) is 0 Å². The van der Waals surface area contributed by atoms with Gasteiger partial charge in [0.1, 0.15) is 6.33 Å². The summed E-state index contributed by atoms with van der Waals surface area (Å²) in [4.78, 5) is 20.5. The van der Waals surface area contributed by atoms with Gasteiger partial charge in [-0.1, -0.05) is 20.3 Å². The molecule has 1 aromatic rings. The SMILES string of the molecule is CC(C)c1ncncc1C(=O)NC1CCCC1CN. The minimum Gasteiger partial charge on any atom is -0.349 e. The molecule has 104 valence electrons. The maximum Gasteiger partial charge on any atom is 0.254 e. The standard InChI is InChI=1S/C14H22N4O/c1-9(2)13-11(7-16-8-17-13)14(19)18-12-5-3-4-10(12)6-15/h7-10,12H,3-6,15H2,1-2H3,(H,18,19). The lowest BCUT2D eigenvalue weighted by atomic mass is 10.0. The van der Waals surface area contributed by atoms with Crippen LogP contribution in [0.25, 0.3) is 0 Å². The monoisotopic (exact) mass is 262 g/mol. The highest BCUT2D eigenvalue weighted by molar-refractivity contribution is 5.95. The summed E-state index contributed by atoms with van der Waals surface area (Å²) in [6.07, 6.45) is 6.34. The van der Waals surface area contributed by atoms with E-state index in [9.17, 15) is 4.79 Å². The number of carbonyl (C=O) groups excluding carboxylic acids is 1. The van der Waals surface area contributed by atoms with Crippen LogP contribution in [-0.2, 0) is 0 Å². The first kappa shape index (κ1) is 13.9. The Kier molecular flexibility index (Phi) is 4.47. The lowest BCUT2D eigenvalue weighted by molar-refractivity contribution is 0.0926. The molecule has 0 aliphatic heterocycles. The summed E-state index contributed by atoms with van der Waals surface area (Å²) in [5, 5.41) is 3.09. The van der Waals surface area contributed by atoms with Gasteiger partial charge in [0.05, 0.1) is 11.3 Å². The summed E-state index contributed by atoms with van der Waals surface area (Å²) in [6, 6.07) is 0.192. The number of rotatable bonds is 4. The molecule has 1 heterocycles. The molecule has 19 heavy (non-hydrogen) atoms. The lowest BCUT2D eigenvalue weighted by Gasteiger charge is -2.20. The number of nitrogens with one attached hydrogen (secondary N) is 1. The molecule has 0 aromatic carbocycles. The van der Waals surface area contributed by atoms with Crippen molar-refractivity contribution < 1.29 is 4.79 Å². The molecule has 3 N–H and O–H groups in total. The molecule has 0 bridgehead atoms. The molecule has 2 rings (SSSR count). The Morgan fingerprint density at radius 2 is 2.32 bits per heavy atom. The van der Waals surface area contributed by atoms with Crippen molar-refractivity contribution in [2.45, 2.75) is 45.1 Å². The molecule has 1 aromatic heterocycles. The lowest BCUT2D eigenvalue weighted by Crippen LogP contribution is -2.40. The van der Waals surface area contributed by atoms with Crippen molar-refractivity contribution in [3.63, 3.8) is 0 Å². The molecule has 0 radical (unpaired) electrons. The number of nitrogens with zero attached hydrogens (tertiary/aromatic N) is 2. The van der Waals surface area contributed by atoms with Gasteiger partial charge in [0.2, 0.25) is 0 Å². The van der Waals surface area contributed by atoms with E-state index in [1.807, 2.05) is 13.8 Å². The van der Waals surface area contributed by atoms with Gasteiger partial charge in [0.15, 0.2) is 0 Å². The van der Waals surface area contributed by atoms with E-state index < -0.39 is 0 Å². The number of nitrogens with two attached hydrogens (primary N) is 1. The van der Waals surface area contributed by atoms with Crippen molar-refractivity contribution >= 4 is 5.91 Å². The third-order valence-electron chi connectivity index (χ3n) is 3.81. The summed E-state index contributed by atoms with van der Waals surface area (Å²) in [7, 11) is 0. The summed E-state index contributed by atoms with van der Waals surface area (Å²) >= 11 is 0. The van der Waals surface area contributed by atoms with Crippen LogP contribution in [0.4, 0.5) is 0 Å². The fourth-order valence-electron chi connectivity index (χ4n) is 2.73. The second kappa shape index (κ2) is 6.10. The van der Waals surface area contributed by atoms with Gasteiger partial charge in [-0.2, -0.15) is 0 Å². The van der Waals surface area contributed by atoms with Crippen LogP contribution in [0.1, 0.15) is 55.1 Å². The molecular weight excluding hydrogens is 240 g/mol. The van der Waals surface area contributed by atoms with Crippen LogP contribution >= 0.6 is 0 Å². The molecule has 5 nitrogen and oxygen atoms in total. The smallest absolute Gasteiger partial charge is 0.254 e. The average molecular weight is 262 g/mol. The van der Waals surface area contributed by atoms with Gasteiger partial charge in [-0.25, -0.2) is 9.97 Å². The summed E-state index contributed by atoms with van der Waals surface area (Å²) in [5.74, 6) is 0.531. The van der Waals surface area contributed by atoms with Gasteiger partial charge in [-0.15, -0.1) is 0 Å². The Labute approximate surface area is 114 Å². The second-order valence-electron chi connectivity index (χ2n) is 5.48. The van der Waals surface area contributed by atoms with E-state index in [4.69, 9.17) is 5.73 Å². The van der Waals surface area contributed by atoms with Gasteiger partial charge in [0.25, 0.3) is 5.91 Å². The van der Waals surface area contributed by atoms with Gasteiger partial charge < -0.3 is 11.1 Å². The van der Waals surface area contributed by atoms with Crippen LogP contribution < -0.4 is 11.1 Å². The summed E-state index contributed by atoms with van der Waals surface area (Å²) in [5.41, 5.74) is 7.12. The average Bonchev–Trinajstić information content (AvgIpc) is 2.85. The quantitative estimate of drug-likeness (QED) is 0.860. The predicted molar refractivity (Wildman–Crippen MR) is 73.8 cm³/mol. The first-order valence-corrected chi connectivity index (χ1v) is 6.94. The maximum atomic E-state index is 12.4. The normalized spacial score (nSPS) is 22.7. The van der Waals surface area contributed by atoms with Crippen molar-refractivity contribution in [2.75, 3.05) is 6.54 Å². The van der Waals surface area contributed by atoms with E-state index in [0.29, 0.717) is 18.0 Å². The fourth-order valence-corrected chi connectivity index (χ4v) is 2.73. The minimum absolute atomic E-state index is 0.0744. The van der Waals surface area contributed by atoms with E-state index >= 15 is 0 Å². The summed E-state index contributed by atoms with van der Waals surface area (Å²) < 4.78 is 0. The Morgan fingerprint density at radius 1 is 1.53 bits per heavy atom. The number of amides is 1. The zero-order valence-corrected chi connectivity index (χ0v) is 11.6. The van der Waals surface area contributed by atoms with Crippen molar-refractivity contribution in [2.24, 2.45) is 11.7 Å². The first-order valence-electron chi connectivity index (χ1n) is 6.94. The molecule has 1 amide bonds. The third-order valence-corrected chi connectivity index (χ3v) is 3.81. The number of hydrogen-bond acceptors (Lipinski definition) is 4. The summed E-state index contributed by atoms with van der Waals surface area (Å²) in [6.45, 7) is 4.68. The minimum atomic E-state index is -0.0744. The highest BCUT2D eigenvalue weighted by Gasteiger charge is 2.28. The van der Waals surface area contributed by atoms with Crippen LogP contribution in [0.5, 0.6) is 0 Å². The topological polar surface area (TPSA) is 80.9 Å².